The molecule has 2 aromatic heterocycles. The van der Waals surface area contributed by atoms with Gasteiger partial charge in [0.05, 0.1) is 17.3 Å². The number of carbonyl (C=O) groups is 1. The van der Waals surface area contributed by atoms with E-state index < -0.39 is 0 Å². The summed E-state index contributed by atoms with van der Waals surface area (Å²) in [6, 6.07) is 14.7. The number of anilines is 1. The van der Waals surface area contributed by atoms with E-state index in [-0.39, 0.29) is 12.0 Å². The van der Waals surface area contributed by atoms with E-state index in [1.807, 2.05) is 24.3 Å². The van der Waals surface area contributed by atoms with E-state index in [1.54, 1.807) is 6.20 Å². The molecule has 184 valence electrons. The van der Waals surface area contributed by atoms with Crippen LogP contribution in [0.5, 0.6) is 0 Å². The summed E-state index contributed by atoms with van der Waals surface area (Å²) < 4.78 is 0. The molecule has 0 N–H and O–H groups in total. The van der Waals surface area contributed by atoms with Gasteiger partial charge in [-0.1, -0.05) is 18.2 Å². The molecule has 7 nitrogen and oxygen atoms in total. The van der Waals surface area contributed by atoms with Gasteiger partial charge in [-0.05, 0) is 67.5 Å². The molecule has 1 amide bonds. The van der Waals surface area contributed by atoms with Gasteiger partial charge in [0.15, 0.2) is 0 Å². The van der Waals surface area contributed by atoms with E-state index >= 15 is 0 Å². The van der Waals surface area contributed by atoms with Gasteiger partial charge < -0.3 is 9.80 Å². The van der Waals surface area contributed by atoms with Crippen LogP contribution in [0, 0.1) is 34.5 Å². The minimum atomic E-state index is 0.217. The molecule has 3 heterocycles. The highest BCUT2D eigenvalue weighted by Gasteiger charge is 2.45. The molecular weight excluding hydrogens is 460 g/mol. The summed E-state index contributed by atoms with van der Waals surface area (Å²) in [5, 5.41) is 21.6. The Morgan fingerprint density at radius 2 is 1.78 bits per heavy atom. The predicted octanol–water partition coefficient (Wildman–Crippen LogP) is 4.75. The summed E-state index contributed by atoms with van der Waals surface area (Å²) in [4.78, 5) is 26.8. The van der Waals surface area contributed by atoms with Crippen LogP contribution in [0.2, 0.25) is 0 Å². The molecule has 37 heavy (non-hydrogen) atoms. The van der Waals surface area contributed by atoms with Crippen LogP contribution in [0.3, 0.4) is 0 Å². The number of aromatic nitrogens is 2. The van der Waals surface area contributed by atoms with Crippen LogP contribution in [-0.4, -0.2) is 46.5 Å². The van der Waals surface area contributed by atoms with Crippen molar-refractivity contribution in [3.8, 4) is 23.3 Å². The van der Waals surface area contributed by atoms with Crippen molar-refractivity contribution in [2.75, 3.05) is 24.5 Å². The zero-order chi connectivity index (χ0) is 25.1. The predicted molar refractivity (Wildman–Crippen MR) is 140 cm³/mol. The van der Waals surface area contributed by atoms with Crippen LogP contribution in [0.25, 0.3) is 21.9 Å². The minimum absolute atomic E-state index is 0.217. The van der Waals surface area contributed by atoms with E-state index in [9.17, 15) is 15.3 Å². The number of nitriles is 2. The molecular formula is C30H28N6O. The smallest absolute Gasteiger partial charge is 0.226 e. The lowest BCUT2D eigenvalue weighted by Crippen LogP contribution is -2.57. The summed E-state index contributed by atoms with van der Waals surface area (Å²) in [6.45, 7) is 2.16. The summed E-state index contributed by atoms with van der Waals surface area (Å²) in [6.07, 6.45) is 8.28. The fraction of sp³-hybridized carbons (Fsp3) is 0.433. The molecule has 0 bridgehead atoms. The van der Waals surface area contributed by atoms with Crippen LogP contribution < -0.4 is 4.90 Å². The van der Waals surface area contributed by atoms with Gasteiger partial charge in [-0.15, -0.1) is 0 Å². The molecule has 1 aromatic carbocycles. The number of carbonyl (C=O) groups excluding carboxylic acids is 1. The molecule has 3 saturated carbocycles. The number of amides is 1. The van der Waals surface area contributed by atoms with Crippen molar-refractivity contribution in [1.29, 1.82) is 10.5 Å². The highest BCUT2D eigenvalue weighted by molar-refractivity contribution is 5.99. The lowest BCUT2D eigenvalue weighted by molar-refractivity contribution is -0.135. The maximum absolute atomic E-state index is 13.0. The number of pyridine rings is 2. The van der Waals surface area contributed by atoms with Gasteiger partial charge >= 0.3 is 0 Å². The average Bonchev–Trinajstić information content (AvgIpc) is 3.80. The number of nitrogens with zero attached hydrogens (tertiary/aromatic N) is 6. The molecule has 4 aliphatic rings. The van der Waals surface area contributed by atoms with Crippen LogP contribution in [0.15, 0.2) is 36.5 Å². The van der Waals surface area contributed by atoms with Crippen LogP contribution in [-0.2, 0) is 4.79 Å². The fourth-order valence-corrected chi connectivity index (χ4v) is 5.98. The summed E-state index contributed by atoms with van der Waals surface area (Å²) in [7, 11) is 0. The third-order valence-corrected chi connectivity index (χ3v) is 8.41. The lowest BCUT2D eigenvalue weighted by Gasteiger charge is -2.43. The van der Waals surface area contributed by atoms with Crippen molar-refractivity contribution in [2.45, 2.75) is 50.5 Å². The zero-order valence-electron chi connectivity index (χ0n) is 20.7. The first-order valence-corrected chi connectivity index (χ1v) is 13.4. The maximum Gasteiger partial charge on any atom is 0.226 e. The normalized spacial score (nSPS) is 21.5. The number of hydrogen-bond acceptors (Lipinski definition) is 6. The second-order valence-electron chi connectivity index (χ2n) is 11.0. The van der Waals surface area contributed by atoms with Crippen molar-refractivity contribution in [1.82, 2.24) is 14.9 Å². The Labute approximate surface area is 216 Å². The van der Waals surface area contributed by atoms with Crippen molar-refractivity contribution < 1.29 is 4.79 Å². The molecule has 1 saturated heterocycles. The van der Waals surface area contributed by atoms with E-state index in [4.69, 9.17) is 4.98 Å². The van der Waals surface area contributed by atoms with Crippen molar-refractivity contribution >= 4 is 22.5 Å². The van der Waals surface area contributed by atoms with E-state index in [1.165, 1.54) is 12.8 Å². The first kappa shape index (κ1) is 22.2. The van der Waals surface area contributed by atoms with E-state index in [2.05, 4.69) is 33.0 Å². The van der Waals surface area contributed by atoms with Gasteiger partial charge in [0.1, 0.15) is 23.7 Å². The molecule has 3 aliphatic carbocycles. The minimum Gasteiger partial charge on any atom is -0.352 e. The average molecular weight is 489 g/mol. The third-order valence-electron chi connectivity index (χ3n) is 8.41. The first-order chi connectivity index (χ1) is 18.2. The second kappa shape index (κ2) is 8.56. The second-order valence-corrected chi connectivity index (χ2v) is 11.0. The number of benzene rings is 1. The van der Waals surface area contributed by atoms with Crippen molar-refractivity contribution in [2.24, 2.45) is 11.8 Å². The summed E-state index contributed by atoms with van der Waals surface area (Å²) in [5.74, 6) is 2.28. The van der Waals surface area contributed by atoms with Gasteiger partial charge in [-0.2, -0.15) is 10.5 Å². The third kappa shape index (κ3) is 3.90. The monoisotopic (exact) mass is 488 g/mol. The van der Waals surface area contributed by atoms with Crippen molar-refractivity contribution in [3.63, 3.8) is 0 Å². The Balaban J connectivity index is 1.30. The van der Waals surface area contributed by atoms with Crippen LogP contribution >= 0.6 is 0 Å². The number of fused-ring (bicyclic) bond motifs is 1. The van der Waals surface area contributed by atoms with Gasteiger partial charge in [0.2, 0.25) is 5.91 Å². The highest BCUT2D eigenvalue weighted by Crippen LogP contribution is 2.47. The van der Waals surface area contributed by atoms with E-state index in [0.717, 1.165) is 65.6 Å². The number of piperazine rings is 1. The molecule has 0 spiro atoms. The Morgan fingerprint density at radius 1 is 0.946 bits per heavy atom. The molecule has 7 heteroatoms. The molecule has 0 radical (unpaired) electrons. The molecule has 4 fully saturated rings. The quantitative estimate of drug-likeness (QED) is 0.514. The largest absolute Gasteiger partial charge is 0.352 e. The zero-order valence-corrected chi connectivity index (χ0v) is 20.7. The highest BCUT2D eigenvalue weighted by atomic mass is 16.2. The summed E-state index contributed by atoms with van der Waals surface area (Å²) >= 11 is 0. The number of rotatable bonds is 5. The lowest BCUT2D eigenvalue weighted by atomic mass is 9.94. The Morgan fingerprint density at radius 3 is 2.49 bits per heavy atom. The Kier molecular flexibility index (Phi) is 5.15. The molecule has 7 rings (SSSR count). The summed E-state index contributed by atoms with van der Waals surface area (Å²) in [5.41, 5.74) is 3.98. The first-order valence-electron chi connectivity index (χ1n) is 13.4. The van der Waals surface area contributed by atoms with Gasteiger partial charge in [0, 0.05) is 48.6 Å². The fourth-order valence-electron chi connectivity index (χ4n) is 5.98. The number of hydrogen-bond donors (Lipinski definition) is 0. The standard InChI is InChI=1S/C30H28N6O/c31-15-21-14-25(22-2-1-3-24-23(22)10-11-33-26(24)16-32)28(19-6-7-19)34-29(21)35-12-13-36(30(37)20-8-9-20)27(17-35)18-4-5-18/h1-3,10-11,14,18-20,27H,4-9,12-13,17H2. The Bertz CT molecular complexity index is 1500. The van der Waals surface area contributed by atoms with Crippen LogP contribution in [0.1, 0.15) is 61.4 Å². The molecule has 1 atom stereocenters. The SMILES string of the molecule is N#Cc1cc(-c2cccc3c(C#N)nccc23)c(C2CC2)nc1N1CCN(C(=O)C2CC2)C(C2CC2)C1. The van der Waals surface area contributed by atoms with Crippen LogP contribution in [0.4, 0.5) is 5.82 Å². The van der Waals surface area contributed by atoms with Gasteiger partial charge in [0.25, 0.3) is 0 Å². The van der Waals surface area contributed by atoms with Crippen molar-refractivity contribution in [3.05, 3.63) is 53.5 Å². The van der Waals surface area contributed by atoms with Gasteiger partial charge in [-0.3, -0.25) is 4.79 Å². The van der Waals surface area contributed by atoms with Gasteiger partial charge in [-0.25, -0.2) is 9.97 Å². The Hall–Kier alpha value is -3.97. The molecule has 1 unspecified atom stereocenters. The molecule has 1 aliphatic heterocycles. The van der Waals surface area contributed by atoms with E-state index in [0.29, 0.717) is 42.1 Å². The topological polar surface area (TPSA) is 96.9 Å². The maximum atomic E-state index is 13.0. The molecule has 3 aromatic rings.